The van der Waals surface area contributed by atoms with Crippen LogP contribution in [0.3, 0.4) is 0 Å². The van der Waals surface area contributed by atoms with Gasteiger partial charge in [0, 0.05) is 19.5 Å². The van der Waals surface area contributed by atoms with E-state index < -0.39 is 0 Å². The quantitative estimate of drug-likeness (QED) is 0.704. The molecule has 0 bridgehead atoms. The monoisotopic (exact) mass is 383 g/mol. The molecule has 3 aromatic rings. The number of nitrogens with zero attached hydrogens (tertiary/aromatic N) is 2. The van der Waals surface area contributed by atoms with Crippen molar-refractivity contribution in [3.63, 3.8) is 0 Å². The Kier molecular flexibility index (Phi) is 3.60. The Bertz CT molecular complexity index is 716. The van der Waals surface area contributed by atoms with Crippen LogP contribution >= 0.6 is 33.9 Å². The van der Waals surface area contributed by atoms with Crippen LogP contribution in [0.25, 0.3) is 11.0 Å². The van der Waals surface area contributed by atoms with Crippen LogP contribution in [0.15, 0.2) is 35.7 Å². The van der Waals surface area contributed by atoms with Gasteiger partial charge in [0.15, 0.2) is 0 Å². The Balaban J connectivity index is 1.91. The lowest BCUT2D eigenvalue weighted by atomic mass is 10.1. The van der Waals surface area contributed by atoms with Crippen LogP contribution in [0.1, 0.15) is 17.4 Å². The van der Waals surface area contributed by atoms with Crippen molar-refractivity contribution in [2.75, 3.05) is 0 Å². The molecule has 2 aromatic heterocycles. The summed E-state index contributed by atoms with van der Waals surface area (Å²) in [6.07, 6.45) is 0.762. The van der Waals surface area contributed by atoms with Gasteiger partial charge in [0.05, 0.1) is 13.9 Å². The topological polar surface area (TPSA) is 43.8 Å². The Morgan fingerprint density at radius 1 is 1.42 bits per heavy atom. The second-order valence-corrected chi connectivity index (χ2v) is 7.38. The van der Waals surface area contributed by atoms with Gasteiger partial charge in [-0.25, -0.2) is 4.98 Å². The van der Waals surface area contributed by atoms with Crippen molar-refractivity contribution in [1.82, 2.24) is 9.55 Å². The highest BCUT2D eigenvalue weighted by Gasteiger charge is 2.14. The highest BCUT2D eigenvalue weighted by molar-refractivity contribution is 14.1. The van der Waals surface area contributed by atoms with E-state index >= 15 is 0 Å². The maximum Gasteiger partial charge on any atom is 0.111 e. The zero-order valence-electron chi connectivity index (χ0n) is 10.5. The maximum atomic E-state index is 6.28. The number of aromatic nitrogens is 2. The first-order chi connectivity index (χ1) is 9.15. The number of thiophene rings is 1. The largest absolute Gasteiger partial charge is 0.331 e. The summed E-state index contributed by atoms with van der Waals surface area (Å²) < 4.78 is 3.40. The molecule has 2 heterocycles. The average molecular weight is 383 g/mol. The summed E-state index contributed by atoms with van der Waals surface area (Å²) in [7, 11) is 2.05. The lowest BCUT2D eigenvalue weighted by Crippen LogP contribution is -2.15. The van der Waals surface area contributed by atoms with Crippen molar-refractivity contribution in [1.29, 1.82) is 0 Å². The number of hydrogen-bond donors (Lipinski definition) is 1. The fourth-order valence-electron chi connectivity index (χ4n) is 2.21. The van der Waals surface area contributed by atoms with Gasteiger partial charge >= 0.3 is 0 Å². The molecule has 0 aliphatic carbocycles. The third-order valence-electron chi connectivity index (χ3n) is 3.30. The third kappa shape index (κ3) is 2.54. The molecule has 0 saturated heterocycles. The van der Waals surface area contributed by atoms with Crippen LogP contribution in [0, 0.1) is 2.88 Å². The van der Waals surface area contributed by atoms with Gasteiger partial charge in [0.25, 0.3) is 0 Å². The molecule has 3 nitrogen and oxygen atoms in total. The number of nitrogens with two attached hydrogens (primary N) is 1. The van der Waals surface area contributed by atoms with Crippen LogP contribution in [0.2, 0.25) is 0 Å². The van der Waals surface area contributed by atoms with E-state index in [4.69, 9.17) is 5.73 Å². The van der Waals surface area contributed by atoms with Crippen molar-refractivity contribution in [2.24, 2.45) is 12.8 Å². The predicted octanol–water partition coefficient (Wildman–Crippen LogP) is 3.48. The first-order valence-corrected chi connectivity index (χ1v) is 8.01. The summed E-state index contributed by atoms with van der Waals surface area (Å²) in [6.45, 7) is 0. The minimum absolute atomic E-state index is 0.00952. The van der Waals surface area contributed by atoms with E-state index in [1.165, 1.54) is 8.45 Å². The van der Waals surface area contributed by atoms with Crippen LogP contribution < -0.4 is 5.73 Å². The molecule has 1 atom stereocenters. The molecule has 0 radical (unpaired) electrons. The number of hydrogen-bond acceptors (Lipinski definition) is 3. The number of rotatable bonds is 3. The number of aryl methyl sites for hydroxylation is 1. The summed E-state index contributed by atoms with van der Waals surface area (Å²) in [5.41, 5.74) is 9.67. The van der Waals surface area contributed by atoms with Crippen molar-refractivity contribution < 1.29 is 0 Å². The fourth-order valence-corrected chi connectivity index (χ4v) is 3.65. The molecule has 1 aromatic carbocycles. The summed E-state index contributed by atoms with van der Waals surface area (Å²) in [6, 6.07) is 10.3. The number of benzene rings is 1. The van der Waals surface area contributed by atoms with Crippen LogP contribution in [0.5, 0.6) is 0 Å². The van der Waals surface area contributed by atoms with E-state index in [0.29, 0.717) is 0 Å². The molecule has 0 fully saturated rings. The molecule has 0 saturated carbocycles. The normalized spacial score (nSPS) is 13.0. The molecular formula is C14H14IN3S. The molecular weight excluding hydrogens is 369 g/mol. The second kappa shape index (κ2) is 5.22. The van der Waals surface area contributed by atoms with Gasteiger partial charge in [0.2, 0.25) is 0 Å². The van der Waals surface area contributed by atoms with Crippen molar-refractivity contribution in [2.45, 2.75) is 12.5 Å². The van der Waals surface area contributed by atoms with Crippen LogP contribution in [-0.4, -0.2) is 9.55 Å². The van der Waals surface area contributed by atoms with Gasteiger partial charge < -0.3 is 10.3 Å². The van der Waals surface area contributed by atoms with Gasteiger partial charge in [-0.15, -0.1) is 11.3 Å². The van der Waals surface area contributed by atoms with E-state index in [2.05, 4.69) is 56.7 Å². The van der Waals surface area contributed by atoms with E-state index in [9.17, 15) is 0 Å². The molecule has 2 N–H and O–H groups in total. The molecule has 5 heteroatoms. The van der Waals surface area contributed by atoms with Crippen molar-refractivity contribution in [3.8, 4) is 0 Å². The Morgan fingerprint density at radius 3 is 2.89 bits per heavy atom. The van der Waals surface area contributed by atoms with E-state index in [0.717, 1.165) is 23.3 Å². The molecule has 0 aliphatic rings. The third-order valence-corrected chi connectivity index (χ3v) is 5.11. The van der Waals surface area contributed by atoms with Gasteiger partial charge in [-0.1, -0.05) is 12.1 Å². The lowest BCUT2D eigenvalue weighted by Gasteiger charge is -2.09. The Labute approximate surface area is 129 Å². The minimum atomic E-state index is 0.00952. The molecule has 98 valence electrons. The Morgan fingerprint density at radius 2 is 2.21 bits per heavy atom. The Hall–Kier alpha value is -0.920. The molecule has 0 spiro atoms. The van der Waals surface area contributed by atoms with E-state index in [1.54, 1.807) is 11.3 Å². The molecule has 0 amide bonds. The van der Waals surface area contributed by atoms with Gasteiger partial charge in [-0.3, -0.25) is 0 Å². The number of imidazole rings is 1. The minimum Gasteiger partial charge on any atom is -0.331 e. The molecule has 1 unspecified atom stereocenters. The summed E-state index contributed by atoms with van der Waals surface area (Å²) in [4.78, 5) is 4.67. The van der Waals surface area contributed by atoms with E-state index in [1.807, 2.05) is 18.2 Å². The predicted molar refractivity (Wildman–Crippen MR) is 88.4 cm³/mol. The highest BCUT2D eigenvalue weighted by Crippen LogP contribution is 2.24. The summed E-state index contributed by atoms with van der Waals surface area (Å²) in [5.74, 6) is 1.04. The van der Waals surface area contributed by atoms with E-state index in [-0.39, 0.29) is 6.04 Å². The maximum absolute atomic E-state index is 6.28. The van der Waals surface area contributed by atoms with Crippen molar-refractivity contribution in [3.05, 3.63) is 50.0 Å². The molecule has 3 rings (SSSR count). The summed E-state index contributed by atoms with van der Waals surface area (Å²) in [5, 5.41) is 2.13. The van der Waals surface area contributed by atoms with Gasteiger partial charge in [-0.2, -0.15) is 0 Å². The summed E-state index contributed by atoms with van der Waals surface area (Å²) >= 11 is 4.06. The second-order valence-electron chi connectivity index (χ2n) is 4.57. The van der Waals surface area contributed by atoms with Crippen LogP contribution in [-0.2, 0) is 13.5 Å². The molecule has 0 aliphatic heterocycles. The molecule has 19 heavy (non-hydrogen) atoms. The van der Waals surface area contributed by atoms with Gasteiger partial charge in [-0.05, 0) is 51.7 Å². The highest BCUT2D eigenvalue weighted by atomic mass is 127. The van der Waals surface area contributed by atoms with Crippen LogP contribution in [0.4, 0.5) is 0 Å². The standard InChI is InChI=1S/C14H14IN3S/c1-18-12-5-3-2-4-11(12)17-14(18)7-10(16)9-6-13(15)19-8-9/h2-6,8,10H,7,16H2,1H3. The first-order valence-electron chi connectivity index (χ1n) is 6.05. The number of fused-ring (bicyclic) bond motifs is 1. The van der Waals surface area contributed by atoms with Gasteiger partial charge in [0.1, 0.15) is 5.82 Å². The first kappa shape index (κ1) is 13.1. The SMILES string of the molecule is Cn1c(CC(N)c2csc(I)c2)nc2ccccc21. The average Bonchev–Trinajstić information content (AvgIpc) is 2.96. The number of para-hydroxylation sites is 2. The zero-order valence-corrected chi connectivity index (χ0v) is 13.5. The zero-order chi connectivity index (χ0) is 13.4. The number of halogens is 1. The lowest BCUT2D eigenvalue weighted by molar-refractivity contribution is 0.667. The van der Waals surface area contributed by atoms with Crippen molar-refractivity contribution >= 4 is 45.0 Å². The smallest absolute Gasteiger partial charge is 0.111 e. The fraction of sp³-hybridized carbons (Fsp3) is 0.214.